The van der Waals surface area contributed by atoms with Crippen LogP contribution in [0.1, 0.15) is 15.9 Å². The predicted molar refractivity (Wildman–Crippen MR) is 78.4 cm³/mol. The Bertz CT molecular complexity index is 886. The highest BCUT2D eigenvalue weighted by atomic mass is 16.3. The van der Waals surface area contributed by atoms with Gasteiger partial charge in [-0.15, -0.1) is 0 Å². The van der Waals surface area contributed by atoms with Gasteiger partial charge in [0.15, 0.2) is 0 Å². The van der Waals surface area contributed by atoms with Gasteiger partial charge in [-0.2, -0.15) is 5.26 Å². The molecule has 2 aromatic heterocycles. The minimum absolute atomic E-state index is 0.0441. The van der Waals surface area contributed by atoms with Crippen molar-refractivity contribution in [3.05, 3.63) is 60.1 Å². The topological polar surface area (TPSA) is 105 Å². The number of primary amides is 1. The lowest BCUT2D eigenvalue weighted by Crippen LogP contribution is -2.11. The summed E-state index contributed by atoms with van der Waals surface area (Å²) in [6.45, 7) is 0. The number of amides is 1. The van der Waals surface area contributed by atoms with Gasteiger partial charge >= 0.3 is 0 Å². The summed E-state index contributed by atoms with van der Waals surface area (Å²) < 4.78 is 6.98. The molecule has 0 bridgehead atoms. The smallest absolute Gasteiger partial charge is 0.252 e. The van der Waals surface area contributed by atoms with E-state index in [-0.39, 0.29) is 11.3 Å². The summed E-state index contributed by atoms with van der Waals surface area (Å²) in [7, 11) is 0. The van der Waals surface area contributed by atoms with Crippen LogP contribution in [0.25, 0.3) is 17.0 Å². The van der Waals surface area contributed by atoms with Gasteiger partial charge in [-0.05, 0) is 24.3 Å². The van der Waals surface area contributed by atoms with Crippen molar-refractivity contribution in [2.24, 2.45) is 5.73 Å². The second kappa shape index (κ2) is 5.14. The van der Waals surface area contributed by atoms with Crippen LogP contribution in [0.15, 0.2) is 53.4 Å². The minimum Gasteiger partial charge on any atom is -0.507 e. The second-order valence-corrected chi connectivity index (χ2v) is 4.65. The highest BCUT2D eigenvalue weighted by molar-refractivity contribution is 5.95. The summed E-state index contributed by atoms with van der Waals surface area (Å²) in [4.78, 5) is 11.1. The monoisotopic (exact) mass is 293 g/mol. The normalized spacial score (nSPS) is 10.3. The van der Waals surface area contributed by atoms with Crippen LogP contribution < -0.4 is 5.73 Å². The molecular weight excluding hydrogens is 282 g/mol. The third kappa shape index (κ3) is 2.21. The Morgan fingerprint density at radius 3 is 2.73 bits per heavy atom. The highest BCUT2D eigenvalue weighted by Gasteiger charge is 2.14. The number of nitrogens with zero attached hydrogens (tertiary/aromatic N) is 2. The van der Waals surface area contributed by atoms with Gasteiger partial charge in [0.1, 0.15) is 17.6 Å². The Morgan fingerprint density at radius 2 is 2.14 bits per heavy atom. The average molecular weight is 293 g/mol. The second-order valence-electron chi connectivity index (χ2n) is 4.65. The number of rotatable bonds is 3. The molecule has 0 aliphatic rings. The SMILES string of the molecule is N#Cc1cn(-c2ccc(C(N)=O)c(O)c2)cc1-c1ccco1. The first-order chi connectivity index (χ1) is 10.6. The molecule has 6 heteroatoms. The van der Waals surface area contributed by atoms with Crippen LogP contribution in [-0.2, 0) is 0 Å². The van der Waals surface area contributed by atoms with E-state index in [1.54, 1.807) is 35.2 Å². The van der Waals surface area contributed by atoms with Gasteiger partial charge in [0.05, 0.1) is 23.0 Å². The number of aromatic nitrogens is 1. The number of benzene rings is 1. The molecule has 0 spiro atoms. The number of furan rings is 1. The zero-order valence-electron chi connectivity index (χ0n) is 11.4. The van der Waals surface area contributed by atoms with Crippen molar-refractivity contribution in [1.82, 2.24) is 4.57 Å². The number of hydrogen-bond donors (Lipinski definition) is 2. The van der Waals surface area contributed by atoms with Crippen molar-refractivity contribution in [2.75, 3.05) is 0 Å². The van der Waals surface area contributed by atoms with Crippen molar-refractivity contribution in [3.8, 4) is 28.8 Å². The van der Waals surface area contributed by atoms with Crippen LogP contribution in [0.3, 0.4) is 0 Å². The summed E-state index contributed by atoms with van der Waals surface area (Å²) in [6.07, 6.45) is 4.87. The van der Waals surface area contributed by atoms with Gasteiger partial charge in [0, 0.05) is 24.1 Å². The predicted octanol–water partition coefficient (Wildman–Crippen LogP) is 2.41. The lowest BCUT2D eigenvalue weighted by molar-refractivity contribution is 0.0998. The number of aromatic hydroxyl groups is 1. The molecule has 6 nitrogen and oxygen atoms in total. The van der Waals surface area contributed by atoms with E-state index in [0.717, 1.165) is 0 Å². The Balaban J connectivity index is 2.08. The first kappa shape index (κ1) is 13.5. The van der Waals surface area contributed by atoms with Gasteiger partial charge in [-0.25, -0.2) is 0 Å². The molecule has 3 N–H and O–H groups in total. The lowest BCUT2D eigenvalue weighted by atomic mass is 10.1. The number of carbonyl (C=O) groups excluding carboxylic acids is 1. The molecule has 3 rings (SSSR count). The van der Waals surface area contributed by atoms with Gasteiger partial charge in [-0.3, -0.25) is 4.79 Å². The fourth-order valence-corrected chi connectivity index (χ4v) is 2.21. The van der Waals surface area contributed by atoms with E-state index in [9.17, 15) is 15.2 Å². The summed E-state index contributed by atoms with van der Waals surface area (Å²) >= 11 is 0. The molecule has 22 heavy (non-hydrogen) atoms. The Labute approximate surface area is 125 Å². The largest absolute Gasteiger partial charge is 0.507 e. The molecule has 2 heterocycles. The van der Waals surface area contributed by atoms with Crippen molar-refractivity contribution < 1.29 is 14.3 Å². The van der Waals surface area contributed by atoms with Crippen LogP contribution in [0.5, 0.6) is 5.75 Å². The molecule has 0 atom stereocenters. The van der Waals surface area contributed by atoms with Crippen LogP contribution >= 0.6 is 0 Å². The molecule has 0 unspecified atom stereocenters. The lowest BCUT2D eigenvalue weighted by Gasteiger charge is -2.05. The molecule has 0 saturated carbocycles. The Hall–Kier alpha value is -3.46. The van der Waals surface area contributed by atoms with Crippen LogP contribution in [0.4, 0.5) is 0 Å². The number of nitrogens with two attached hydrogens (primary N) is 1. The van der Waals surface area contributed by atoms with Crippen LogP contribution in [-0.4, -0.2) is 15.6 Å². The van der Waals surface area contributed by atoms with Crippen molar-refractivity contribution in [2.45, 2.75) is 0 Å². The van der Waals surface area contributed by atoms with E-state index < -0.39 is 5.91 Å². The molecule has 0 aliphatic carbocycles. The molecule has 0 saturated heterocycles. The van der Waals surface area contributed by atoms with Gasteiger partial charge in [0.2, 0.25) is 0 Å². The number of carbonyl (C=O) groups is 1. The first-order valence-corrected chi connectivity index (χ1v) is 6.39. The summed E-state index contributed by atoms with van der Waals surface area (Å²) in [6, 6.07) is 10.1. The molecule has 1 amide bonds. The zero-order chi connectivity index (χ0) is 15.7. The maximum Gasteiger partial charge on any atom is 0.252 e. The van der Waals surface area contributed by atoms with Gasteiger partial charge in [0.25, 0.3) is 5.91 Å². The summed E-state index contributed by atoms with van der Waals surface area (Å²) in [5.41, 5.74) is 6.88. The molecule has 0 fully saturated rings. The zero-order valence-corrected chi connectivity index (χ0v) is 11.4. The summed E-state index contributed by atoms with van der Waals surface area (Å²) in [5, 5.41) is 19.1. The quantitative estimate of drug-likeness (QED) is 0.773. The molecule has 108 valence electrons. The first-order valence-electron chi connectivity index (χ1n) is 6.39. The molecule has 3 aromatic rings. The maximum atomic E-state index is 11.1. The van der Waals surface area contributed by atoms with Crippen LogP contribution in [0.2, 0.25) is 0 Å². The van der Waals surface area contributed by atoms with Crippen molar-refractivity contribution in [3.63, 3.8) is 0 Å². The fraction of sp³-hybridized carbons (Fsp3) is 0. The molecule has 1 aromatic carbocycles. The van der Waals surface area contributed by atoms with E-state index in [1.165, 1.54) is 18.4 Å². The molecule has 0 radical (unpaired) electrons. The average Bonchev–Trinajstić information content (AvgIpc) is 3.15. The third-order valence-corrected chi connectivity index (χ3v) is 3.28. The molecular formula is C16H11N3O3. The fourth-order valence-electron chi connectivity index (χ4n) is 2.21. The standard InChI is InChI=1S/C16H11N3O3/c17-7-10-8-19(9-13(10)15-2-1-5-22-15)11-3-4-12(16(18)21)14(20)6-11/h1-6,8-9,20H,(H2,18,21). The number of hydrogen-bond acceptors (Lipinski definition) is 4. The Morgan fingerprint density at radius 1 is 1.32 bits per heavy atom. The van der Waals surface area contributed by atoms with Crippen molar-refractivity contribution in [1.29, 1.82) is 5.26 Å². The minimum atomic E-state index is -0.703. The molecule has 0 aliphatic heterocycles. The third-order valence-electron chi connectivity index (χ3n) is 3.28. The van der Waals surface area contributed by atoms with Gasteiger partial charge in [-0.1, -0.05) is 0 Å². The van der Waals surface area contributed by atoms with E-state index in [2.05, 4.69) is 6.07 Å². The van der Waals surface area contributed by atoms with Crippen molar-refractivity contribution >= 4 is 5.91 Å². The van der Waals surface area contributed by atoms with E-state index in [1.807, 2.05) is 0 Å². The summed E-state index contributed by atoms with van der Waals surface area (Å²) in [5.74, 6) is -0.337. The van der Waals surface area contributed by atoms with E-state index in [4.69, 9.17) is 10.2 Å². The van der Waals surface area contributed by atoms with E-state index >= 15 is 0 Å². The van der Waals surface area contributed by atoms with Crippen LogP contribution in [0, 0.1) is 11.3 Å². The number of phenols is 1. The number of nitriles is 1. The Kier molecular flexibility index (Phi) is 3.16. The highest BCUT2D eigenvalue weighted by Crippen LogP contribution is 2.28. The van der Waals surface area contributed by atoms with E-state index in [0.29, 0.717) is 22.6 Å². The van der Waals surface area contributed by atoms with Gasteiger partial charge < -0.3 is 19.8 Å². The maximum absolute atomic E-state index is 11.1.